The van der Waals surface area contributed by atoms with Gasteiger partial charge in [0.25, 0.3) is 5.91 Å². The van der Waals surface area contributed by atoms with Crippen molar-refractivity contribution in [2.75, 3.05) is 24.2 Å². The lowest BCUT2D eigenvalue weighted by atomic mass is 10.2. The van der Waals surface area contributed by atoms with Gasteiger partial charge in [-0.15, -0.1) is 0 Å². The molecule has 0 fully saturated rings. The van der Waals surface area contributed by atoms with Crippen LogP contribution in [0.5, 0.6) is 5.75 Å². The van der Waals surface area contributed by atoms with E-state index in [0.717, 1.165) is 33.2 Å². The van der Waals surface area contributed by atoms with Crippen molar-refractivity contribution in [1.82, 2.24) is 9.99 Å². The number of halogens is 3. The SMILES string of the molecule is COc1ccc(N(CC(=O)N/N=C\c2cc(C)n(-c3ccc(Cl)cc3Cl)c2C)S(C)(=O)=O)cc1Cl. The smallest absolute Gasteiger partial charge is 0.260 e. The molecule has 0 saturated heterocycles. The van der Waals surface area contributed by atoms with Crippen molar-refractivity contribution < 1.29 is 17.9 Å². The fourth-order valence-corrected chi connectivity index (χ4v) is 5.09. The van der Waals surface area contributed by atoms with Crippen LogP contribution >= 0.6 is 34.8 Å². The van der Waals surface area contributed by atoms with Gasteiger partial charge in [0, 0.05) is 22.0 Å². The number of hydrogen-bond donors (Lipinski definition) is 1. The summed E-state index contributed by atoms with van der Waals surface area (Å²) in [7, 11) is -2.33. The molecule has 3 rings (SSSR count). The molecule has 0 aliphatic rings. The zero-order chi connectivity index (χ0) is 25.9. The number of amides is 1. The third kappa shape index (κ3) is 6.29. The number of aryl methyl sites for hydroxylation is 1. The first-order chi connectivity index (χ1) is 16.4. The molecular weight excluding hydrogens is 535 g/mol. The third-order valence-corrected chi connectivity index (χ3v) is 7.10. The highest BCUT2D eigenvalue weighted by atomic mass is 35.5. The second-order valence-corrected chi connectivity index (χ2v) is 10.8. The van der Waals surface area contributed by atoms with Crippen LogP contribution in [0.15, 0.2) is 47.6 Å². The second kappa shape index (κ2) is 10.9. The highest BCUT2D eigenvalue weighted by Crippen LogP contribution is 2.30. The maximum Gasteiger partial charge on any atom is 0.260 e. The number of methoxy groups -OCH3 is 1. The number of hydrogen-bond acceptors (Lipinski definition) is 5. The largest absolute Gasteiger partial charge is 0.495 e. The highest BCUT2D eigenvalue weighted by molar-refractivity contribution is 7.92. The van der Waals surface area contributed by atoms with Crippen LogP contribution in [0, 0.1) is 13.8 Å². The van der Waals surface area contributed by atoms with E-state index in [1.807, 2.05) is 30.5 Å². The maximum absolute atomic E-state index is 12.5. The summed E-state index contributed by atoms with van der Waals surface area (Å²) in [6.07, 6.45) is 2.48. The molecule has 0 spiro atoms. The minimum absolute atomic E-state index is 0.216. The van der Waals surface area contributed by atoms with Crippen molar-refractivity contribution in [2.24, 2.45) is 5.10 Å². The molecule has 0 atom stereocenters. The highest BCUT2D eigenvalue weighted by Gasteiger charge is 2.22. The van der Waals surface area contributed by atoms with E-state index in [9.17, 15) is 13.2 Å². The van der Waals surface area contributed by atoms with E-state index in [0.29, 0.717) is 15.8 Å². The molecule has 1 aromatic heterocycles. The van der Waals surface area contributed by atoms with Gasteiger partial charge in [0.1, 0.15) is 12.3 Å². The number of carbonyl (C=O) groups is 1. The summed E-state index contributed by atoms with van der Waals surface area (Å²) in [4.78, 5) is 12.5. The normalized spacial score (nSPS) is 11.6. The number of nitrogens with zero attached hydrogens (tertiary/aromatic N) is 3. The summed E-state index contributed by atoms with van der Waals surface area (Å²) in [6, 6.07) is 11.5. The van der Waals surface area contributed by atoms with Crippen molar-refractivity contribution >= 4 is 62.6 Å². The number of nitrogens with one attached hydrogen (secondary N) is 1. The van der Waals surface area contributed by atoms with Crippen LogP contribution in [0.25, 0.3) is 5.69 Å². The predicted octanol–water partition coefficient (Wildman–Crippen LogP) is 4.98. The number of hydrazone groups is 1. The quantitative estimate of drug-likeness (QED) is 0.312. The summed E-state index contributed by atoms with van der Waals surface area (Å²) in [5, 5.41) is 5.25. The molecule has 0 radical (unpaired) electrons. The Bertz CT molecular complexity index is 1400. The molecule has 0 bridgehead atoms. The summed E-state index contributed by atoms with van der Waals surface area (Å²) in [6.45, 7) is 3.32. The minimum atomic E-state index is -3.78. The zero-order valence-electron chi connectivity index (χ0n) is 19.3. The number of aromatic nitrogens is 1. The van der Waals surface area contributed by atoms with Crippen molar-refractivity contribution in [3.05, 3.63) is 74.5 Å². The van der Waals surface area contributed by atoms with E-state index >= 15 is 0 Å². The Morgan fingerprint density at radius 1 is 1.11 bits per heavy atom. The molecule has 0 aliphatic carbocycles. The van der Waals surface area contributed by atoms with Crippen molar-refractivity contribution in [1.29, 1.82) is 0 Å². The molecule has 186 valence electrons. The summed E-state index contributed by atoms with van der Waals surface area (Å²) < 4.78 is 32.6. The first-order valence-corrected chi connectivity index (χ1v) is 13.2. The minimum Gasteiger partial charge on any atom is -0.495 e. The predicted molar refractivity (Wildman–Crippen MR) is 141 cm³/mol. The first-order valence-electron chi connectivity index (χ1n) is 10.2. The lowest BCUT2D eigenvalue weighted by Gasteiger charge is -2.22. The molecule has 1 amide bonds. The average molecular weight is 558 g/mol. The van der Waals surface area contributed by atoms with Crippen LogP contribution in [-0.2, 0) is 14.8 Å². The van der Waals surface area contributed by atoms with Gasteiger partial charge in [-0.2, -0.15) is 5.10 Å². The molecule has 0 aliphatic heterocycles. The van der Waals surface area contributed by atoms with E-state index < -0.39 is 22.5 Å². The average Bonchev–Trinajstić information content (AvgIpc) is 3.04. The monoisotopic (exact) mass is 556 g/mol. The van der Waals surface area contributed by atoms with Crippen molar-refractivity contribution in [3.8, 4) is 11.4 Å². The fraction of sp³-hybridized carbons (Fsp3) is 0.217. The molecule has 0 unspecified atom stereocenters. The van der Waals surface area contributed by atoms with Gasteiger partial charge >= 0.3 is 0 Å². The summed E-state index contributed by atoms with van der Waals surface area (Å²) in [5.41, 5.74) is 5.84. The maximum atomic E-state index is 12.5. The van der Waals surface area contributed by atoms with Gasteiger partial charge < -0.3 is 9.30 Å². The molecule has 35 heavy (non-hydrogen) atoms. The second-order valence-electron chi connectivity index (χ2n) is 7.64. The summed E-state index contributed by atoms with van der Waals surface area (Å²) >= 11 is 18.5. The van der Waals surface area contributed by atoms with Gasteiger partial charge in [0.2, 0.25) is 10.0 Å². The molecule has 1 N–H and O–H groups in total. The van der Waals surface area contributed by atoms with Crippen LogP contribution in [0.1, 0.15) is 17.0 Å². The van der Waals surface area contributed by atoms with Gasteiger partial charge in [-0.3, -0.25) is 9.10 Å². The lowest BCUT2D eigenvalue weighted by Crippen LogP contribution is -2.39. The molecule has 0 saturated carbocycles. The Kier molecular flexibility index (Phi) is 8.38. The number of ether oxygens (including phenoxy) is 1. The Hall–Kier alpha value is -2.72. The number of benzene rings is 2. The van der Waals surface area contributed by atoms with Crippen LogP contribution in [0.3, 0.4) is 0 Å². The Morgan fingerprint density at radius 3 is 2.43 bits per heavy atom. The molecule has 2 aromatic carbocycles. The van der Waals surface area contributed by atoms with Crippen LogP contribution in [-0.4, -0.2) is 45.0 Å². The Balaban J connectivity index is 1.77. The van der Waals surface area contributed by atoms with Crippen molar-refractivity contribution in [2.45, 2.75) is 13.8 Å². The number of rotatable bonds is 8. The Morgan fingerprint density at radius 2 is 1.83 bits per heavy atom. The Labute approximate surface area is 219 Å². The van der Waals surface area contributed by atoms with Crippen LogP contribution in [0.2, 0.25) is 15.1 Å². The topological polar surface area (TPSA) is 93.0 Å². The van der Waals surface area contributed by atoms with E-state index in [4.69, 9.17) is 39.5 Å². The molecule has 8 nitrogen and oxygen atoms in total. The molecule has 12 heteroatoms. The number of sulfonamides is 1. The van der Waals surface area contributed by atoms with E-state index in [-0.39, 0.29) is 10.7 Å². The molecule has 3 aromatic rings. The third-order valence-electron chi connectivity index (χ3n) is 5.12. The first kappa shape index (κ1) is 26.9. The van der Waals surface area contributed by atoms with Gasteiger partial charge in [-0.1, -0.05) is 34.8 Å². The van der Waals surface area contributed by atoms with Gasteiger partial charge in [0.05, 0.1) is 41.0 Å². The van der Waals surface area contributed by atoms with E-state index in [1.165, 1.54) is 31.5 Å². The van der Waals surface area contributed by atoms with E-state index in [1.54, 1.807) is 12.1 Å². The lowest BCUT2D eigenvalue weighted by molar-refractivity contribution is -0.119. The zero-order valence-corrected chi connectivity index (χ0v) is 22.4. The van der Waals surface area contributed by atoms with Crippen LogP contribution in [0.4, 0.5) is 5.69 Å². The number of anilines is 1. The number of carbonyl (C=O) groups excluding carboxylic acids is 1. The van der Waals surface area contributed by atoms with Gasteiger partial charge in [0.15, 0.2) is 0 Å². The van der Waals surface area contributed by atoms with Gasteiger partial charge in [-0.05, 0) is 56.3 Å². The molecular formula is C23H23Cl3N4O4S. The summed E-state index contributed by atoms with van der Waals surface area (Å²) in [5.74, 6) is -0.247. The van der Waals surface area contributed by atoms with Crippen LogP contribution < -0.4 is 14.5 Å². The standard InChI is InChI=1S/C23H23Cl3N4O4S/c1-14-9-16(15(2)30(14)21-7-5-17(24)10-19(21)25)12-27-28-23(31)13-29(35(4,32)33)18-6-8-22(34-3)20(26)11-18/h5-12H,13H2,1-4H3,(H,28,31)/b27-12-. The molecule has 1 heterocycles. The van der Waals surface area contributed by atoms with Crippen molar-refractivity contribution in [3.63, 3.8) is 0 Å². The van der Waals surface area contributed by atoms with E-state index in [2.05, 4.69) is 10.5 Å². The van der Waals surface area contributed by atoms with Gasteiger partial charge in [-0.25, -0.2) is 13.8 Å². The fourth-order valence-electron chi connectivity index (χ4n) is 3.50.